The lowest BCUT2D eigenvalue weighted by atomic mass is 10.2. The Morgan fingerprint density at radius 1 is 1.31 bits per heavy atom. The first-order valence-electron chi connectivity index (χ1n) is 5.90. The monoisotopic (exact) mass is 219 g/mol. The fraction of sp³-hybridized carbons (Fsp3) is 0.429. The van der Waals surface area contributed by atoms with E-state index in [0.717, 1.165) is 38.3 Å². The van der Waals surface area contributed by atoms with Gasteiger partial charge in [-0.15, -0.1) is 6.58 Å². The van der Waals surface area contributed by atoms with Crippen molar-refractivity contribution in [1.82, 2.24) is 5.32 Å². The van der Waals surface area contributed by atoms with Gasteiger partial charge in [-0.05, 0) is 37.1 Å². The van der Waals surface area contributed by atoms with Gasteiger partial charge in [-0.1, -0.05) is 25.1 Å². The maximum absolute atomic E-state index is 5.62. The van der Waals surface area contributed by atoms with Crippen LogP contribution >= 0.6 is 0 Å². The summed E-state index contributed by atoms with van der Waals surface area (Å²) in [4.78, 5) is 0. The topological polar surface area (TPSA) is 21.3 Å². The van der Waals surface area contributed by atoms with Crippen molar-refractivity contribution in [2.75, 3.05) is 19.7 Å². The van der Waals surface area contributed by atoms with E-state index in [1.165, 1.54) is 5.56 Å². The molecule has 0 aromatic heterocycles. The Morgan fingerprint density at radius 3 is 2.69 bits per heavy atom. The maximum Gasteiger partial charge on any atom is 0.119 e. The van der Waals surface area contributed by atoms with Crippen molar-refractivity contribution in [2.24, 2.45) is 0 Å². The van der Waals surface area contributed by atoms with E-state index in [4.69, 9.17) is 4.74 Å². The molecule has 0 bridgehead atoms. The SMILES string of the molecule is C=CCNCCCOc1ccc(CC)cc1. The second-order valence-corrected chi connectivity index (χ2v) is 3.69. The molecule has 0 atom stereocenters. The van der Waals surface area contributed by atoms with Gasteiger partial charge >= 0.3 is 0 Å². The molecule has 0 radical (unpaired) electrons. The van der Waals surface area contributed by atoms with Gasteiger partial charge in [-0.3, -0.25) is 0 Å². The first-order chi connectivity index (χ1) is 7.86. The van der Waals surface area contributed by atoms with Gasteiger partial charge in [0.1, 0.15) is 5.75 Å². The third kappa shape index (κ3) is 4.99. The summed E-state index contributed by atoms with van der Waals surface area (Å²) in [6.07, 6.45) is 3.96. The molecule has 88 valence electrons. The smallest absolute Gasteiger partial charge is 0.119 e. The fourth-order valence-corrected chi connectivity index (χ4v) is 1.41. The average molecular weight is 219 g/mol. The molecular formula is C14H21NO. The maximum atomic E-state index is 5.62. The van der Waals surface area contributed by atoms with Crippen molar-refractivity contribution in [3.63, 3.8) is 0 Å². The molecule has 0 spiro atoms. The lowest BCUT2D eigenvalue weighted by Gasteiger charge is -2.06. The minimum Gasteiger partial charge on any atom is -0.494 e. The average Bonchev–Trinajstić information content (AvgIpc) is 2.34. The van der Waals surface area contributed by atoms with Crippen molar-refractivity contribution >= 4 is 0 Å². The number of rotatable bonds is 8. The van der Waals surface area contributed by atoms with Crippen molar-refractivity contribution in [3.8, 4) is 5.75 Å². The first-order valence-corrected chi connectivity index (χ1v) is 5.90. The van der Waals surface area contributed by atoms with Gasteiger partial charge in [0.05, 0.1) is 6.61 Å². The summed E-state index contributed by atoms with van der Waals surface area (Å²) in [6.45, 7) is 8.40. The summed E-state index contributed by atoms with van der Waals surface area (Å²) in [7, 11) is 0. The minimum absolute atomic E-state index is 0.760. The molecule has 0 amide bonds. The van der Waals surface area contributed by atoms with Crippen molar-refractivity contribution in [3.05, 3.63) is 42.5 Å². The van der Waals surface area contributed by atoms with Crippen LogP contribution in [0.1, 0.15) is 18.9 Å². The highest BCUT2D eigenvalue weighted by Gasteiger charge is 1.94. The highest BCUT2D eigenvalue weighted by molar-refractivity contribution is 5.27. The molecule has 0 fully saturated rings. The van der Waals surface area contributed by atoms with Crippen LogP contribution in [0.4, 0.5) is 0 Å². The van der Waals surface area contributed by atoms with E-state index >= 15 is 0 Å². The molecule has 1 aromatic rings. The zero-order valence-electron chi connectivity index (χ0n) is 10.0. The van der Waals surface area contributed by atoms with Crippen LogP contribution in [0, 0.1) is 0 Å². The summed E-state index contributed by atoms with van der Waals surface area (Å²) in [5.41, 5.74) is 1.35. The summed E-state index contributed by atoms with van der Waals surface area (Å²) < 4.78 is 5.62. The summed E-state index contributed by atoms with van der Waals surface area (Å²) >= 11 is 0. The Bertz CT molecular complexity index is 292. The fourth-order valence-electron chi connectivity index (χ4n) is 1.41. The van der Waals surface area contributed by atoms with Gasteiger partial charge < -0.3 is 10.1 Å². The van der Waals surface area contributed by atoms with E-state index in [1.807, 2.05) is 18.2 Å². The van der Waals surface area contributed by atoms with Gasteiger partial charge in [0, 0.05) is 6.54 Å². The Labute approximate surface area is 98.3 Å². The molecule has 2 heteroatoms. The molecule has 1 rings (SSSR count). The number of ether oxygens (including phenoxy) is 1. The highest BCUT2D eigenvalue weighted by Crippen LogP contribution is 2.12. The summed E-state index contributed by atoms with van der Waals surface area (Å²) in [5.74, 6) is 0.959. The standard InChI is InChI=1S/C14H21NO/c1-3-10-15-11-5-12-16-14-8-6-13(4-2)7-9-14/h3,6-9,15H,1,4-5,10-12H2,2H3. The van der Waals surface area contributed by atoms with Crippen molar-refractivity contribution in [1.29, 1.82) is 0 Å². The molecular weight excluding hydrogens is 198 g/mol. The van der Waals surface area contributed by atoms with Crippen LogP contribution in [0.2, 0.25) is 0 Å². The quantitative estimate of drug-likeness (QED) is 0.536. The number of aryl methyl sites for hydroxylation is 1. The van der Waals surface area contributed by atoms with E-state index < -0.39 is 0 Å². The molecule has 0 aliphatic carbocycles. The van der Waals surface area contributed by atoms with Gasteiger partial charge in [-0.25, -0.2) is 0 Å². The van der Waals surface area contributed by atoms with Gasteiger partial charge in [0.25, 0.3) is 0 Å². The molecule has 0 aliphatic rings. The number of nitrogens with one attached hydrogen (secondary N) is 1. The predicted molar refractivity (Wildman–Crippen MR) is 69.0 cm³/mol. The van der Waals surface area contributed by atoms with E-state index in [0.29, 0.717) is 0 Å². The van der Waals surface area contributed by atoms with Crippen molar-refractivity contribution in [2.45, 2.75) is 19.8 Å². The largest absolute Gasteiger partial charge is 0.494 e. The van der Waals surface area contributed by atoms with Crippen molar-refractivity contribution < 1.29 is 4.74 Å². The predicted octanol–water partition coefficient (Wildman–Crippen LogP) is 2.79. The Balaban J connectivity index is 2.14. The molecule has 1 N–H and O–H groups in total. The van der Waals surface area contributed by atoms with E-state index in [9.17, 15) is 0 Å². The highest BCUT2D eigenvalue weighted by atomic mass is 16.5. The Hall–Kier alpha value is -1.28. The van der Waals surface area contributed by atoms with Crippen LogP contribution in [-0.2, 0) is 6.42 Å². The lowest BCUT2D eigenvalue weighted by Crippen LogP contribution is -2.17. The van der Waals surface area contributed by atoms with Gasteiger partial charge in [0.15, 0.2) is 0 Å². The van der Waals surface area contributed by atoms with Crippen LogP contribution < -0.4 is 10.1 Å². The second kappa shape index (κ2) is 7.94. The third-order valence-corrected chi connectivity index (χ3v) is 2.39. The normalized spacial score (nSPS) is 10.1. The Morgan fingerprint density at radius 2 is 2.06 bits per heavy atom. The second-order valence-electron chi connectivity index (χ2n) is 3.69. The van der Waals surface area contributed by atoms with E-state index in [-0.39, 0.29) is 0 Å². The van der Waals surface area contributed by atoms with E-state index in [1.54, 1.807) is 0 Å². The third-order valence-electron chi connectivity index (χ3n) is 2.39. The molecule has 0 unspecified atom stereocenters. The molecule has 0 saturated carbocycles. The van der Waals surface area contributed by atoms with Crippen LogP contribution in [-0.4, -0.2) is 19.7 Å². The van der Waals surface area contributed by atoms with E-state index in [2.05, 4.69) is 31.0 Å². The van der Waals surface area contributed by atoms with Crippen LogP contribution in [0.5, 0.6) is 5.75 Å². The number of benzene rings is 1. The summed E-state index contributed by atoms with van der Waals surface area (Å²) in [6, 6.07) is 8.31. The number of hydrogen-bond donors (Lipinski definition) is 1. The zero-order chi connectivity index (χ0) is 11.6. The minimum atomic E-state index is 0.760. The zero-order valence-corrected chi connectivity index (χ0v) is 10.0. The lowest BCUT2D eigenvalue weighted by molar-refractivity contribution is 0.309. The molecule has 1 aromatic carbocycles. The van der Waals surface area contributed by atoms with Gasteiger partial charge in [-0.2, -0.15) is 0 Å². The molecule has 0 heterocycles. The first kappa shape index (κ1) is 12.8. The van der Waals surface area contributed by atoms with Crippen LogP contribution in [0.25, 0.3) is 0 Å². The molecule has 0 saturated heterocycles. The molecule has 2 nitrogen and oxygen atoms in total. The van der Waals surface area contributed by atoms with Gasteiger partial charge in [0.2, 0.25) is 0 Å². The molecule has 16 heavy (non-hydrogen) atoms. The Kier molecular flexibility index (Phi) is 6.35. The summed E-state index contributed by atoms with van der Waals surface area (Å²) in [5, 5.41) is 3.24. The van der Waals surface area contributed by atoms with Crippen LogP contribution in [0.15, 0.2) is 36.9 Å². The van der Waals surface area contributed by atoms with Crippen LogP contribution in [0.3, 0.4) is 0 Å². The molecule has 0 aliphatic heterocycles. The number of hydrogen-bond acceptors (Lipinski definition) is 2.